The first-order valence-electron chi connectivity index (χ1n) is 10.1. The molecule has 0 fully saturated rings. The van der Waals surface area contributed by atoms with Crippen LogP contribution in [0.1, 0.15) is 17.9 Å². The SMILES string of the molecule is COc1ccc(Nc2nc3c(c(=O)[nH]2)C(C(=O)Nc2ccc(OC(F)(F)F)cc2)CC(=O)N3)cc1. The monoisotopic (exact) mass is 489 g/mol. The van der Waals surface area contributed by atoms with E-state index in [1.54, 1.807) is 24.3 Å². The Morgan fingerprint density at radius 1 is 1.03 bits per heavy atom. The summed E-state index contributed by atoms with van der Waals surface area (Å²) in [4.78, 5) is 44.7. The molecule has 2 amide bonds. The van der Waals surface area contributed by atoms with E-state index < -0.39 is 35.4 Å². The maximum atomic E-state index is 12.9. The van der Waals surface area contributed by atoms with Crippen LogP contribution >= 0.6 is 0 Å². The number of fused-ring (bicyclic) bond motifs is 1. The highest BCUT2D eigenvalue weighted by molar-refractivity contribution is 6.04. The van der Waals surface area contributed by atoms with Crippen molar-refractivity contribution in [3.63, 3.8) is 0 Å². The third kappa shape index (κ3) is 5.69. The molecule has 0 spiro atoms. The highest BCUT2D eigenvalue weighted by atomic mass is 19.4. The number of benzene rings is 2. The molecule has 3 aromatic rings. The van der Waals surface area contributed by atoms with Gasteiger partial charge in [0.2, 0.25) is 17.8 Å². The van der Waals surface area contributed by atoms with Gasteiger partial charge in [0.1, 0.15) is 17.3 Å². The van der Waals surface area contributed by atoms with Crippen molar-refractivity contribution in [2.45, 2.75) is 18.7 Å². The maximum Gasteiger partial charge on any atom is 0.573 e. The molecule has 4 N–H and O–H groups in total. The van der Waals surface area contributed by atoms with Gasteiger partial charge in [0.25, 0.3) is 5.56 Å². The van der Waals surface area contributed by atoms with Gasteiger partial charge in [0, 0.05) is 17.8 Å². The van der Waals surface area contributed by atoms with Gasteiger partial charge >= 0.3 is 6.36 Å². The smallest absolute Gasteiger partial charge is 0.497 e. The van der Waals surface area contributed by atoms with Gasteiger partial charge in [-0.05, 0) is 48.5 Å². The van der Waals surface area contributed by atoms with Crippen molar-refractivity contribution >= 4 is 35.0 Å². The second-order valence-corrected chi connectivity index (χ2v) is 7.40. The number of halogens is 3. The van der Waals surface area contributed by atoms with Crippen LogP contribution < -0.4 is 31.0 Å². The summed E-state index contributed by atoms with van der Waals surface area (Å²) in [5.41, 5.74) is 0.0574. The lowest BCUT2D eigenvalue weighted by molar-refractivity contribution is -0.274. The third-order valence-corrected chi connectivity index (χ3v) is 4.98. The van der Waals surface area contributed by atoms with E-state index in [1.807, 2.05) is 0 Å². The molecular formula is C22H18F3N5O5. The van der Waals surface area contributed by atoms with E-state index in [4.69, 9.17) is 4.74 Å². The molecule has 1 aliphatic heterocycles. The number of aromatic amines is 1. The molecule has 4 rings (SSSR count). The van der Waals surface area contributed by atoms with E-state index in [1.165, 1.54) is 19.2 Å². The molecule has 2 heterocycles. The third-order valence-electron chi connectivity index (χ3n) is 4.98. The number of aromatic nitrogens is 2. The lowest BCUT2D eigenvalue weighted by Crippen LogP contribution is -2.36. The molecule has 0 saturated heterocycles. The Morgan fingerprint density at radius 3 is 2.29 bits per heavy atom. The van der Waals surface area contributed by atoms with Gasteiger partial charge in [-0.25, -0.2) is 0 Å². The number of nitrogens with zero attached hydrogens (tertiary/aromatic N) is 1. The van der Waals surface area contributed by atoms with E-state index in [0.29, 0.717) is 11.4 Å². The molecule has 182 valence electrons. The number of hydrogen-bond donors (Lipinski definition) is 4. The van der Waals surface area contributed by atoms with Crippen LogP contribution in [0.5, 0.6) is 11.5 Å². The van der Waals surface area contributed by atoms with Crippen molar-refractivity contribution in [3.05, 3.63) is 64.4 Å². The molecule has 35 heavy (non-hydrogen) atoms. The Labute approximate surface area is 195 Å². The van der Waals surface area contributed by atoms with Gasteiger partial charge in [-0.1, -0.05) is 0 Å². The number of amides is 2. The standard InChI is InChI=1S/C22H18F3N5O5/c1-34-13-6-2-12(3-7-13)27-21-29-18-17(20(33)30-21)15(10-16(31)28-18)19(32)26-11-4-8-14(9-5-11)35-22(23,24)25/h2-9,15H,10H2,1H3,(H,26,32)(H3,27,28,29,30,31,33). The van der Waals surface area contributed by atoms with Gasteiger partial charge in [-0.15, -0.1) is 13.2 Å². The summed E-state index contributed by atoms with van der Waals surface area (Å²) in [7, 11) is 1.53. The number of H-pyrrole nitrogens is 1. The van der Waals surface area contributed by atoms with Crippen LogP contribution in [0.3, 0.4) is 0 Å². The van der Waals surface area contributed by atoms with E-state index in [9.17, 15) is 27.6 Å². The number of nitrogens with one attached hydrogen (secondary N) is 4. The van der Waals surface area contributed by atoms with Crippen molar-refractivity contribution in [1.29, 1.82) is 0 Å². The van der Waals surface area contributed by atoms with Crippen molar-refractivity contribution < 1.29 is 32.2 Å². The number of ether oxygens (including phenoxy) is 2. The van der Waals surface area contributed by atoms with Gasteiger partial charge < -0.3 is 25.4 Å². The number of alkyl halides is 3. The van der Waals surface area contributed by atoms with Crippen LogP contribution in [-0.4, -0.2) is 35.3 Å². The first kappa shape index (κ1) is 23.6. The molecule has 13 heteroatoms. The topological polar surface area (TPSA) is 134 Å². The van der Waals surface area contributed by atoms with Crippen molar-refractivity contribution in [2.24, 2.45) is 0 Å². The van der Waals surface area contributed by atoms with E-state index in [2.05, 4.69) is 30.7 Å². The quantitative estimate of drug-likeness (QED) is 0.416. The minimum atomic E-state index is -4.85. The summed E-state index contributed by atoms with van der Waals surface area (Å²) in [6, 6.07) is 11.2. The summed E-state index contributed by atoms with van der Waals surface area (Å²) in [5.74, 6) is -2.26. The fraction of sp³-hybridized carbons (Fsp3) is 0.182. The van der Waals surface area contributed by atoms with Crippen LogP contribution in [0.15, 0.2) is 53.3 Å². The van der Waals surface area contributed by atoms with Crippen molar-refractivity contribution in [3.8, 4) is 11.5 Å². The number of anilines is 4. The summed E-state index contributed by atoms with van der Waals surface area (Å²) >= 11 is 0. The Balaban J connectivity index is 1.54. The van der Waals surface area contributed by atoms with Gasteiger partial charge in [0.15, 0.2) is 0 Å². The zero-order valence-electron chi connectivity index (χ0n) is 18.0. The largest absolute Gasteiger partial charge is 0.573 e. The number of methoxy groups -OCH3 is 1. The molecule has 2 aromatic carbocycles. The summed E-state index contributed by atoms with van der Waals surface area (Å²) in [6.07, 6.45) is -5.16. The van der Waals surface area contributed by atoms with Gasteiger partial charge in [0.05, 0.1) is 18.6 Å². The molecule has 0 aliphatic carbocycles. The normalized spacial score (nSPS) is 15.0. The maximum absolute atomic E-state index is 12.9. The average molecular weight is 489 g/mol. The number of carbonyl (C=O) groups is 2. The van der Waals surface area contributed by atoms with Crippen LogP contribution in [0.4, 0.5) is 36.3 Å². The van der Waals surface area contributed by atoms with Gasteiger partial charge in [-0.2, -0.15) is 4.98 Å². The highest BCUT2D eigenvalue weighted by Crippen LogP contribution is 2.31. The fourth-order valence-corrected chi connectivity index (χ4v) is 3.43. The van der Waals surface area contributed by atoms with E-state index in [0.717, 1.165) is 12.1 Å². The molecule has 0 radical (unpaired) electrons. The summed E-state index contributed by atoms with van der Waals surface area (Å²) in [6.45, 7) is 0. The Hall–Kier alpha value is -4.55. The Kier molecular flexibility index (Phi) is 6.32. The first-order valence-corrected chi connectivity index (χ1v) is 10.1. The Bertz CT molecular complexity index is 1310. The van der Waals surface area contributed by atoms with Crippen LogP contribution in [0.25, 0.3) is 0 Å². The molecular weight excluding hydrogens is 471 g/mol. The molecule has 1 unspecified atom stereocenters. The number of carbonyl (C=O) groups excluding carboxylic acids is 2. The molecule has 1 atom stereocenters. The highest BCUT2D eigenvalue weighted by Gasteiger charge is 2.35. The fourth-order valence-electron chi connectivity index (χ4n) is 3.43. The second-order valence-electron chi connectivity index (χ2n) is 7.40. The molecule has 0 bridgehead atoms. The van der Waals surface area contributed by atoms with Crippen molar-refractivity contribution in [1.82, 2.24) is 9.97 Å². The molecule has 0 saturated carbocycles. The number of rotatable bonds is 6. The zero-order chi connectivity index (χ0) is 25.2. The molecule has 1 aliphatic rings. The first-order chi connectivity index (χ1) is 16.6. The second kappa shape index (κ2) is 9.37. The average Bonchev–Trinajstić information content (AvgIpc) is 2.79. The van der Waals surface area contributed by atoms with Gasteiger partial charge in [-0.3, -0.25) is 19.4 Å². The van der Waals surface area contributed by atoms with Crippen LogP contribution in [0, 0.1) is 0 Å². The van der Waals surface area contributed by atoms with Crippen LogP contribution in [0.2, 0.25) is 0 Å². The Morgan fingerprint density at radius 2 is 1.66 bits per heavy atom. The lowest BCUT2D eigenvalue weighted by atomic mass is 9.92. The minimum absolute atomic E-state index is 0.0422. The van der Waals surface area contributed by atoms with E-state index in [-0.39, 0.29) is 29.4 Å². The van der Waals surface area contributed by atoms with Crippen LogP contribution in [-0.2, 0) is 9.59 Å². The number of hydrogen-bond acceptors (Lipinski definition) is 7. The zero-order valence-corrected chi connectivity index (χ0v) is 18.0. The lowest BCUT2D eigenvalue weighted by Gasteiger charge is -2.23. The predicted octanol–water partition coefficient (Wildman–Crippen LogP) is 3.49. The molecule has 1 aromatic heterocycles. The minimum Gasteiger partial charge on any atom is -0.497 e. The summed E-state index contributed by atoms with van der Waals surface area (Å²) in [5, 5.41) is 7.88. The summed E-state index contributed by atoms with van der Waals surface area (Å²) < 4.78 is 45.8. The predicted molar refractivity (Wildman–Crippen MR) is 119 cm³/mol. The molecule has 10 nitrogen and oxygen atoms in total. The van der Waals surface area contributed by atoms with Crippen molar-refractivity contribution in [2.75, 3.05) is 23.1 Å². The van der Waals surface area contributed by atoms with E-state index >= 15 is 0 Å².